The van der Waals surface area contributed by atoms with E-state index >= 15 is 0 Å². The van der Waals surface area contributed by atoms with Gasteiger partial charge in [0.2, 0.25) is 0 Å². The van der Waals surface area contributed by atoms with E-state index in [1.807, 2.05) is 0 Å². The SMILES string of the molecule is CCCCC[SiH2][SiH3]. The molecule has 0 aliphatic rings. The van der Waals surface area contributed by atoms with Crippen molar-refractivity contribution in [3.63, 3.8) is 0 Å². The maximum Gasteiger partial charge on any atom is 0.00412 e. The third-order valence-electron chi connectivity index (χ3n) is 1.21. The first-order valence-electron chi connectivity index (χ1n) is 3.41. The van der Waals surface area contributed by atoms with E-state index in [0.29, 0.717) is 9.04 Å². The van der Waals surface area contributed by atoms with Crippen LogP contribution in [0.5, 0.6) is 0 Å². The summed E-state index contributed by atoms with van der Waals surface area (Å²) < 4.78 is 0. The molecule has 0 aromatic carbocycles. The van der Waals surface area contributed by atoms with Crippen LogP contribution in [-0.2, 0) is 0 Å². The summed E-state index contributed by atoms with van der Waals surface area (Å²) in [6.07, 6.45) is 4.41. The molecule has 0 nitrogen and oxygen atoms in total. The van der Waals surface area contributed by atoms with Crippen LogP contribution in [0.4, 0.5) is 0 Å². The van der Waals surface area contributed by atoms with Crippen molar-refractivity contribution in [3.8, 4) is 0 Å². The minimum absolute atomic E-state index is 0.533. The Morgan fingerprint density at radius 3 is 2.57 bits per heavy atom. The van der Waals surface area contributed by atoms with E-state index in [4.69, 9.17) is 0 Å². The van der Waals surface area contributed by atoms with Crippen molar-refractivity contribution in [3.05, 3.63) is 0 Å². The van der Waals surface area contributed by atoms with Gasteiger partial charge in [-0.1, -0.05) is 32.2 Å². The molecule has 0 unspecified atom stereocenters. The fraction of sp³-hybridized carbons (Fsp3) is 1.00. The third kappa shape index (κ3) is 6.43. The lowest BCUT2D eigenvalue weighted by Crippen LogP contribution is -1.85. The summed E-state index contributed by atoms with van der Waals surface area (Å²) in [5.41, 5.74) is 0. The molecule has 0 heterocycles. The zero-order chi connectivity index (χ0) is 5.54. The third-order valence-corrected chi connectivity index (χ3v) is 4.54. The summed E-state index contributed by atoms with van der Waals surface area (Å²) in [7, 11) is 2.08. The van der Waals surface area contributed by atoms with Crippen molar-refractivity contribution in [1.82, 2.24) is 0 Å². The summed E-state index contributed by atoms with van der Waals surface area (Å²) in [6, 6.07) is 1.63. The maximum atomic E-state index is 2.27. The van der Waals surface area contributed by atoms with E-state index in [9.17, 15) is 0 Å². The second kappa shape index (κ2) is 6.43. The van der Waals surface area contributed by atoms with Crippen molar-refractivity contribution < 1.29 is 0 Å². The topological polar surface area (TPSA) is 0 Å². The van der Waals surface area contributed by atoms with E-state index in [1.165, 1.54) is 19.3 Å². The van der Waals surface area contributed by atoms with Gasteiger partial charge >= 0.3 is 0 Å². The molecule has 0 amide bonds. The van der Waals surface area contributed by atoms with Crippen LogP contribution in [0.3, 0.4) is 0 Å². The van der Waals surface area contributed by atoms with Gasteiger partial charge in [-0.2, -0.15) is 0 Å². The molecule has 7 heavy (non-hydrogen) atoms. The predicted octanol–water partition coefficient (Wildman–Crippen LogP) is 0.0441. The summed E-state index contributed by atoms with van der Waals surface area (Å²) in [5.74, 6) is 0. The Bertz CT molecular complexity index is 25.3. The Balaban J connectivity index is 2.45. The monoisotopic (exact) mass is 132 g/mol. The summed E-state index contributed by atoms with van der Waals surface area (Å²) in [5, 5.41) is 0. The average Bonchev–Trinajstić information content (AvgIpc) is 1.69. The molecule has 0 fully saturated rings. The van der Waals surface area contributed by atoms with Gasteiger partial charge in [-0.25, -0.2) is 0 Å². The van der Waals surface area contributed by atoms with Crippen LogP contribution in [0.2, 0.25) is 6.04 Å². The second-order valence-electron chi connectivity index (χ2n) is 2.06. The van der Waals surface area contributed by atoms with Gasteiger partial charge < -0.3 is 0 Å². The number of hydrogen-bond donors (Lipinski definition) is 0. The second-order valence-corrected chi connectivity index (χ2v) is 6.77. The fourth-order valence-electron chi connectivity index (χ4n) is 0.677. The minimum atomic E-state index is 0.533. The summed E-state index contributed by atoms with van der Waals surface area (Å²) in [4.78, 5) is 0. The quantitative estimate of drug-likeness (QED) is 0.374. The molecule has 0 rings (SSSR count). The molecule has 0 N–H and O–H groups in total. The Morgan fingerprint density at radius 1 is 1.43 bits per heavy atom. The van der Waals surface area contributed by atoms with Gasteiger partial charge in [0, 0.05) is 9.04 Å². The lowest BCUT2D eigenvalue weighted by atomic mass is 10.3. The van der Waals surface area contributed by atoms with Crippen LogP contribution >= 0.6 is 0 Å². The minimum Gasteiger partial charge on any atom is -0.0655 e. The first-order chi connectivity index (χ1) is 3.41. The first-order valence-corrected chi connectivity index (χ1v) is 10.1. The number of hydrogen-bond acceptors (Lipinski definition) is 0. The Kier molecular flexibility index (Phi) is 6.83. The average molecular weight is 132 g/mol. The van der Waals surface area contributed by atoms with E-state index in [-0.39, 0.29) is 0 Å². The number of rotatable bonds is 4. The molecule has 0 saturated carbocycles. The van der Waals surface area contributed by atoms with Gasteiger partial charge in [-0.3, -0.25) is 0 Å². The lowest BCUT2D eigenvalue weighted by molar-refractivity contribution is 0.770. The predicted molar refractivity (Wildman–Crippen MR) is 42.8 cm³/mol. The van der Waals surface area contributed by atoms with Crippen molar-refractivity contribution >= 4 is 18.8 Å². The molecular weight excluding hydrogens is 116 g/mol. The van der Waals surface area contributed by atoms with Crippen LogP contribution in [-0.4, -0.2) is 18.8 Å². The molecule has 0 bridgehead atoms. The Labute approximate surface area is 51.7 Å². The highest BCUT2D eigenvalue weighted by molar-refractivity contribution is 6.89. The highest BCUT2D eigenvalue weighted by atomic mass is 29.1. The van der Waals surface area contributed by atoms with Crippen LogP contribution in [0, 0.1) is 0 Å². The van der Waals surface area contributed by atoms with Gasteiger partial charge in [-0.05, 0) is 9.76 Å². The van der Waals surface area contributed by atoms with Crippen molar-refractivity contribution in [2.45, 2.75) is 32.2 Å². The van der Waals surface area contributed by atoms with Gasteiger partial charge in [0.15, 0.2) is 0 Å². The highest BCUT2D eigenvalue weighted by Gasteiger charge is 1.80. The first kappa shape index (κ1) is 7.43. The van der Waals surface area contributed by atoms with Crippen LogP contribution in [0.1, 0.15) is 26.2 Å². The molecule has 0 radical (unpaired) electrons. The van der Waals surface area contributed by atoms with Crippen molar-refractivity contribution in [2.24, 2.45) is 0 Å². The summed E-state index contributed by atoms with van der Waals surface area (Å²) in [6.45, 7) is 2.27. The van der Waals surface area contributed by atoms with Crippen LogP contribution in [0.25, 0.3) is 0 Å². The molecular formula is C5H16Si2. The molecule has 0 aliphatic heterocycles. The molecule has 0 aromatic heterocycles. The normalized spacial score (nSPS) is 11.6. The van der Waals surface area contributed by atoms with Crippen molar-refractivity contribution in [2.75, 3.05) is 0 Å². The zero-order valence-corrected chi connectivity index (χ0v) is 8.95. The molecule has 0 aromatic rings. The largest absolute Gasteiger partial charge is 0.0655 e. The summed E-state index contributed by atoms with van der Waals surface area (Å²) >= 11 is 0. The van der Waals surface area contributed by atoms with Gasteiger partial charge in [0.1, 0.15) is 0 Å². The van der Waals surface area contributed by atoms with Crippen LogP contribution < -0.4 is 0 Å². The Hall–Kier alpha value is 0.434. The van der Waals surface area contributed by atoms with Crippen LogP contribution in [0.15, 0.2) is 0 Å². The number of unbranched alkanes of at least 4 members (excludes halogenated alkanes) is 2. The fourth-order valence-corrected chi connectivity index (χ4v) is 3.03. The standard InChI is InChI=1S/C5H16Si2/c1-2-3-4-5-7-6/h2-5,7H2,1,6H3. The van der Waals surface area contributed by atoms with Gasteiger partial charge in [-0.15, -0.1) is 0 Å². The molecule has 0 atom stereocenters. The van der Waals surface area contributed by atoms with E-state index < -0.39 is 0 Å². The molecule has 0 aliphatic carbocycles. The van der Waals surface area contributed by atoms with E-state index in [1.54, 1.807) is 15.8 Å². The van der Waals surface area contributed by atoms with Crippen molar-refractivity contribution in [1.29, 1.82) is 0 Å². The maximum absolute atomic E-state index is 2.27. The van der Waals surface area contributed by atoms with Gasteiger partial charge in [0.25, 0.3) is 0 Å². The zero-order valence-electron chi connectivity index (χ0n) is 5.54. The van der Waals surface area contributed by atoms with Gasteiger partial charge in [0.05, 0.1) is 0 Å². The molecule has 0 saturated heterocycles. The smallest absolute Gasteiger partial charge is 0.00412 e. The lowest BCUT2D eigenvalue weighted by Gasteiger charge is -1.90. The molecule has 0 spiro atoms. The Morgan fingerprint density at radius 2 is 2.14 bits per heavy atom. The highest BCUT2D eigenvalue weighted by Crippen LogP contribution is 1.96. The molecule has 2 heteroatoms. The van der Waals surface area contributed by atoms with E-state index in [2.05, 4.69) is 6.92 Å². The molecule has 44 valence electrons. The van der Waals surface area contributed by atoms with E-state index in [0.717, 1.165) is 0 Å².